The van der Waals surface area contributed by atoms with Gasteiger partial charge in [0, 0.05) is 33.4 Å². The Morgan fingerprint density at radius 3 is 1.59 bits per heavy atom. The van der Waals surface area contributed by atoms with E-state index in [0.29, 0.717) is 51.1 Å². The molecule has 0 aliphatic carbocycles. The molecule has 0 amide bonds. The number of aromatic nitrogens is 6. The van der Waals surface area contributed by atoms with Crippen LogP contribution in [0.3, 0.4) is 0 Å². The second-order valence-electron chi connectivity index (χ2n) is 12.3. The third-order valence-electron chi connectivity index (χ3n) is 8.31. The molecule has 2 aromatic heterocycles. The highest BCUT2D eigenvalue weighted by Gasteiger charge is 2.18. The van der Waals surface area contributed by atoms with E-state index in [9.17, 15) is 14.4 Å². The van der Waals surface area contributed by atoms with E-state index in [1.54, 1.807) is 55.5 Å². The summed E-state index contributed by atoms with van der Waals surface area (Å²) in [6.45, 7) is 7.04. The molecule has 11 nitrogen and oxygen atoms in total. The average molecular weight is 713 g/mol. The van der Waals surface area contributed by atoms with Crippen molar-refractivity contribution in [2.45, 2.75) is 13.8 Å². The number of Topliss-reactive ketones (excluding diaryl/α,β-unsaturated/α-hetero) is 1. The van der Waals surface area contributed by atoms with Gasteiger partial charge in [-0.25, -0.2) is 19.6 Å². The predicted molar refractivity (Wildman–Crippen MR) is 204 cm³/mol. The number of nitrogens with zero attached hydrogens (tertiary/aromatic N) is 4. The van der Waals surface area contributed by atoms with Crippen LogP contribution >= 0.6 is 0 Å². The summed E-state index contributed by atoms with van der Waals surface area (Å²) >= 11 is 0. The minimum absolute atomic E-state index is 0.137. The quantitative estimate of drug-likeness (QED) is 0.0581. The summed E-state index contributed by atoms with van der Waals surface area (Å²) in [5.74, 6) is 0.789. The molecule has 0 aliphatic heterocycles. The van der Waals surface area contributed by atoms with Gasteiger partial charge < -0.3 is 9.47 Å². The molecule has 0 radical (unpaired) electrons. The fourth-order valence-electron chi connectivity index (χ4n) is 5.60. The average Bonchev–Trinajstić information content (AvgIpc) is 3.90. The van der Waals surface area contributed by atoms with E-state index in [4.69, 9.17) is 9.47 Å². The number of hydrogen-bond donors (Lipinski definition) is 2. The molecule has 0 bridgehead atoms. The molecular weight excluding hydrogens is 681 g/mol. The highest BCUT2D eigenvalue weighted by atomic mass is 16.5. The Bertz CT molecular complexity index is 2540. The van der Waals surface area contributed by atoms with Crippen molar-refractivity contribution in [3.05, 3.63) is 162 Å². The molecule has 0 fully saturated rings. The second kappa shape index (κ2) is 15.4. The van der Waals surface area contributed by atoms with Gasteiger partial charge in [0.15, 0.2) is 29.1 Å². The first kappa shape index (κ1) is 34.9. The van der Waals surface area contributed by atoms with E-state index in [2.05, 4.69) is 36.9 Å². The van der Waals surface area contributed by atoms with Gasteiger partial charge >= 0.3 is 11.9 Å². The van der Waals surface area contributed by atoms with Crippen LogP contribution in [-0.2, 0) is 4.79 Å². The van der Waals surface area contributed by atoms with Gasteiger partial charge in [-0.3, -0.25) is 15.0 Å². The number of hydrogen-bond acceptors (Lipinski definition) is 9. The Hall–Kier alpha value is -7.53. The van der Waals surface area contributed by atoms with Gasteiger partial charge in [0.1, 0.15) is 11.5 Å². The van der Waals surface area contributed by atoms with Crippen LogP contribution in [0.2, 0.25) is 0 Å². The molecule has 2 N–H and O–H groups in total. The largest absolute Gasteiger partial charge is 0.423 e. The molecule has 264 valence electrons. The Morgan fingerprint density at radius 1 is 0.593 bits per heavy atom. The second-order valence-corrected chi connectivity index (χ2v) is 12.3. The molecular formula is C43H32N6O5. The lowest BCUT2D eigenvalue weighted by molar-refractivity contribution is -0.113. The molecule has 0 aliphatic rings. The molecule has 7 rings (SSSR count). The van der Waals surface area contributed by atoms with E-state index in [1.807, 2.05) is 66.7 Å². The Balaban J connectivity index is 1.13. The lowest BCUT2D eigenvalue weighted by Gasteiger charge is -2.12. The van der Waals surface area contributed by atoms with E-state index in [0.717, 1.165) is 11.1 Å². The third-order valence-corrected chi connectivity index (χ3v) is 8.31. The van der Waals surface area contributed by atoms with Gasteiger partial charge in [-0.1, -0.05) is 91.5 Å². The van der Waals surface area contributed by atoms with Crippen molar-refractivity contribution in [1.82, 2.24) is 30.4 Å². The number of rotatable bonds is 11. The SMILES string of the molecule is C=C(C)/C(=C\c1cc(OC(=O)c2cccc(-c3nc(-c4ccccc4)n[nH]3)c2)ccc1OC(=O)c1cccc(-c2nc(-c3ccccc3)n[nH]2)c1)C(C)=O. The molecule has 0 atom stereocenters. The Morgan fingerprint density at radius 2 is 1.09 bits per heavy atom. The summed E-state index contributed by atoms with van der Waals surface area (Å²) in [6.07, 6.45) is 1.55. The highest BCUT2D eigenvalue weighted by Crippen LogP contribution is 2.30. The van der Waals surface area contributed by atoms with Gasteiger partial charge in [-0.05, 0) is 68.0 Å². The molecule has 0 saturated carbocycles. The number of nitrogens with one attached hydrogen (secondary N) is 2. The monoisotopic (exact) mass is 712 g/mol. The standard InChI is InChI=1S/C43H32N6O5/c1-26(2)36(27(3)50)25-34-24-35(53-42(51)32-18-10-16-30(22-32)40-44-38(46-48-40)28-12-6-4-7-13-28)20-21-37(34)54-43(52)33-19-11-17-31(23-33)41-45-39(47-49-41)29-14-8-5-9-15-29/h4-25H,1H2,2-3H3,(H,44,46,48)(H,45,47,49)/b36-25+. The van der Waals surface area contributed by atoms with Crippen molar-refractivity contribution in [3.8, 4) is 57.1 Å². The van der Waals surface area contributed by atoms with Crippen LogP contribution in [0.25, 0.3) is 51.6 Å². The number of allylic oxidation sites excluding steroid dienone is 2. The fraction of sp³-hybridized carbons (Fsp3) is 0.0465. The topological polar surface area (TPSA) is 153 Å². The summed E-state index contributed by atoms with van der Waals surface area (Å²) in [5.41, 5.74) is 4.65. The minimum Gasteiger partial charge on any atom is -0.423 e. The maximum Gasteiger partial charge on any atom is 0.343 e. The molecule has 54 heavy (non-hydrogen) atoms. The zero-order valence-corrected chi connectivity index (χ0v) is 29.2. The van der Waals surface area contributed by atoms with Crippen molar-refractivity contribution < 1.29 is 23.9 Å². The third kappa shape index (κ3) is 7.85. The molecule has 0 unspecified atom stereocenters. The van der Waals surface area contributed by atoms with Crippen LogP contribution in [0.4, 0.5) is 0 Å². The summed E-state index contributed by atoms with van der Waals surface area (Å²) < 4.78 is 11.6. The minimum atomic E-state index is -0.654. The van der Waals surface area contributed by atoms with E-state index in [-0.39, 0.29) is 28.4 Å². The summed E-state index contributed by atoms with van der Waals surface area (Å²) in [5, 5.41) is 14.5. The predicted octanol–water partition coefficient (Wildman–Crippen LogP) is 8.58. The molecule has 2 heterocycles. The molecule has 0 saturated heterocycles. The highest BCUT2D eigenvalue weighted by molar-refractivity contribution is 6.02. The van der Waals surface area contributed by atoms with Gasteiger partial charge in [-0.2, -0.15) is 10.2 Å². The van der Waals surface area contributed by atoms with Gasteiger partial charge in [-0.15, -0.1) is 0 Å². The molecule has 5 aromatic carbocycles. The Labute approximate surface area is 310 Å². The van der Waals surface area contributed by atoms with Crippen LogP contribution in [-0.4, -0.2) is 48.1 Å². The number of esters is 2. The smallest absolute Gasteiger partial charge is 0.343 e. The van der Waals surface area contributed by atoms with Crippen LogP contribution in [0, 0.1) is 0 Å². The first-order valence-electron chi connectivity index (χ1n) is 16.9. The van der Waals surface area contributed by atoms with Crippen molar-refractivity contribution >= 4 is 23.8 Å². The van der Waals surface area contributed by atoms with Crippen molar-refractivity contribution in [1.29, 1.82) is 0 Å². The van der Waals surface area contributed by atoms with Gasteiger partial charge in [0.25, 0.3) is 0 Å². The lowest BCUT2D eigenvalue weighted by atomic mass is 10.0. The number of aromatic amines is 2. The van der Waals surface area contributed by atoms with E-state index in [1.165, 1.54) is 25.1 Å². The summed E-state index contributed by atoms with van der Waals surface area (Å²) in [6, 6.07) is 37.2. The first-order valence-corrected chi connectivity index (χ1v) is 16.9. The van der Waals surface area contributed by atoms with E-state index < -0.39 is 11.9 Å². The molecule has 0 spiro atoms. The Kier molecular flexibility index (Phi) is 9.94. The van der Waals surface area contributed by atoms with Crippen molar-refractivity contribution in [3.63, 3.8) is 0 Å². The zero-order chi connectivity index (χ0) is 37.6. The first-order chi connectivity index (χ1) is 26.2. The molecule has 7 aromatic rings. The number of benzene rings is 5. The van der Waals surface area contributed by atoms with Crippen molar-refractivity contribution in [2.75, 3.05) is 0 Å². The number of ether oxygens (including phenoxy) is 2. The van der Waals surface area contributed by atoms with Gasteiger partial charge in [0.2, 0.25) is 0 Å². The summed E-state index contributed by atoms with van der Waals surface area (Å²) in [7, 11) is 0. The van der Waals surface area contributed by atoms with Crippen LogP contribution < -0.4 is 9.47 Å². The van der Waals surface area contributed by atoms with Gasteiger partial charge in [0.05, 0.1) is 11.1 Å². The van der Waals surface area contributed by atoms with Crippen LogP contribution in [0.1, 0.15) is 40.1 Å². The normalized spacial score (nSPS) is 11.2. The number of ketones is 1. The number of carbonyl (C=O) groups is 3. The number of carbonyl (C=O) groups excluding carboxylic acids is 3. The zero-order valence-electron chi connectivity index (χ0n) is 29.2. The maximum absolute atomic E-state index is 13.5. The number of H-pyrrole nitrogens is 2. The maximum atomic E-state index is 13.5. The van der Waals surface area contributed by atoms with Crippen LogP contribution in [0.15, 0.2) is 145 Å². The fourth-order valence-corrected chi connectivity index (χ4v) is 5.60. The summed E-state index contributed by atoms with van der Waals surface area (Å²) in [4.78, 5) is 48.6. The molecule has 11 heteroatoms. The van der Waals surface area contributed by atoms with Crippen molar-refractivity contribution in [2.24, 2.45) is 0 Å². The lowest BCUT2D eigenvalue weighted by Crippen LogP contribution is -2.11. The van der Waals surface area contributed by atoms with E-state index >= 15 is 0 Å². The van der Waals surface area contributed by atoms with Crippen LogP contribution in [0.5, 0.6) is 11.5 Å².